The second-order valence-corrected chi connectivity index (χ2v) is 5.02. The summed E-state index contributed by atoms with van der Waals surface area (Å²) < 4.78 is 18.9. The van der Waals surface area contributed by atoms with E-state index in [2.05, 4.69) is 0 Å². The first-order valence-corrected chi connectivity index (χ1v) is 7.02. The van der Waals surface area contributed by atoms with Crippen LogP contribution in [0.2, 0.25) is 0 Å². The van der Waals surface area contributed by atoms with Crippen molar-refractivity contribution in [1.29, 1.82) is 0 Å². The van der Waals surface area contributed by atoms with E-state index in [0.717, 1.165) is 10.8 Å². The van der Waals surface area contributed by atoms with Gasteiger partial charge in [0.2, 0.25) is 0 Å². The minimum Gasteiger partial charge on any atom is -0.495 e. The fraction of sp³-hybridized carbons (Fsp3) is 0.0556. The lowest BCUT2D eigenvalue weighted by atomic mass is 10.1. The molecule has 0 aliphatic heterocycles. The van der Waals surface area contributed by atoms with Crippen LogP contribution in [0.1, 0.15) is 0 Å². The maximum absolute atomic E-state index is 13.5. The molecule has 3 rings (SSSR count). The molecule has 3 aromatic rings. The summed E-state index contributed by atoms with van der Waals surface area (Å²) >= 11 is 0. The van der Waals surface area contributed by atoms with Gasteiger partial charge in [-0.15, -0.1) is 0 Å². The molecule has 0 saturated carbocycles. The van der Waals surface area contributed by atoms with Crippen LogP contribution in [0, 0.1) is 5.82 Å². The Bertz CT molecular complexity index is 880. The van der Waals surface area contributed by atoms with Crippen molar-refractivity contribution in [2.45, 2.75) is 0 Å². The number of hydrogen-bond donors (Lipinski definition) is 1. The van der Waals surface area contributed by atoms with E-state index in [-0.39, 0.29) is 0 Å². The van der Waals surface area contributed by atoms with Crippen molar-refractivity contribution in [2.24, 2.45) is 5.73 Å². The number of methoxy groups -OCH3 is 1. The number of nitrogens with zero attached hydrogens (tertiary/aromatic N) is 1. The lowest BCUT2D eigenvalue weighted by Crippen LogP contribution is -2.31. The quantitative estimate of drug-likeness (QED) is 0.788. The summed E-state index contributed by atoms with van der Waals surface area (Å²) in [5, 5.41) is 1.89. The minimum absolute atomic E-state index is 0.339. The number of rotatable bonds is 3. The van der Waals surface area contributed by atoms with E-state index >= 15 is 0 Å². The van der Waals surface area contributed by atoms with E-state index in [9.17, 15) is 9.18 Å². The van der Waals surface area contributed by atoms with Crippen LogP contribution in [-0.4, -0.2) is 13.1 Å². The third-order valence-corrected chi connectivity index (χ3v) is 3.57. The molecule has 0 fully saturated rings. The summed E-state index contributed by atoms with van der Waals surface area (Å²) in [6.07, 6.45) is 0. The van der Waals surface area contributed by atoms with Gasteiger partial charge in [0.05, 0.1) is 18.5 Å². The molecule has 0 bridgehead atoms. The van der Waals surface area contributed by atoms with Crippen molar-refractivity contribution < 1.29 is 13.9 Å². The van der Waals surface area contributed by atoms with E-state index in [4.69, 9.17) is 10.5 Å². The van der Waals surface area contributed by atoms with Crippen LogP contribution in [0.5, 0.6) is 5.75 Å². The Labute approximate surface area is 132 Å². The summed E-state index contributed by atoms with van der Waals surface area (Å²) in [7, 11) is 1.51. The van der Waals surface area contributed by atoms with Gasteiger partial charge in [-0.2, -0.15) is 0 Å². The number of benzene rings is 3. The van der Waals surface area contributed by atoms with E-state index in [1.165, 1.54) is 30.2 Å². The standard InChI is InChI=1S/C18H15FN2O2/c1-23-17-10-13-6-3-2-5-12(13)9-16(17)21(18(20)22)15-8-4-7-14(19)11-15/h2-11H,1H3,(H2,20,22). The van der Waals surface area contributed by atoms with Gasteiger partial charge in [0, 0.05) is 0 Å². The molecule has 5 heteroatoms. The third kappa shape index (κ3) is 2.81. The molecule has 0 atom stereocenters. The molecule has 2 amide bonds. The Morgan fingerprint density at radius 1 is 1.04 bits per heavy atom. The minimum atomic E-state index is -0.718. The predicted octanol–water partition coefficient (Wildman–Crippen LogP) is 4.20. The number of hydrogen-bond acceptors (Lipinski definition) is 2. The highest BCUT2D eigenvalue weighted by Gasteiger charge is 2.20. The number of amides is 2. The Morgan fingerprint density at radius 3 is 2.35 bits per heavy atom. The maximum Gasteiger partial charge on any atom is 0.324 e. The molecule has 0 saturated heterocycles. The lowest BCUT2D eigenvalue weighted by molar-refractivity contribution is 0.256. The van der Waals surface area contributed by atoms with Crippen LogP contribution in [0.15, 0.2) is 60.7 Å². The Kier molecular flexibility index (Phi) is 3.85. The molecule has 0 spiro atoms. The van der Waals surface area contributed by atoms with Gasteiger partial charge in [0.15, 0.2) is 0 Å². The largest absolute Gasteiger partial charge is 0.495 e. The zero-order valence-electron chi connectivity index (χ0n) is 12.5. The molecule has 4 nitrogen and oxygen atoms in total. The maximum atomic E-state index is 13.5. The van der Waals surface area contributed by atoms with E-state index < -0.39 is 11.8 Å². The van der Waals surface area contributed by atoms with Crippen molar-refractivity contribution in [3.8, 4) is 5.75 Å². The molecule has 0 aliphatic rings. The van der Waals surface area contributed by atoms with Gasteiger partial charge >= 0.3 is 6.03 Å². The predicted molar refractivity (Wildman–Crippen MR) is 88.6 cm³/mol. The van der Waals surface area contributed by atoms with E-state index in [0.29, 0.717) is 17.1 Å². The molecule has 23 heavy (non-hydrogen) atoms. The number of ether oxygens (including phenoxy) is 1. The number of halogens is 1. The first-order chi connectivity index (χ1) is 11.1. The molecule has 0 heterocycles. The van der Waals surface area contributed by atoms with Gasteiger partial charge in [-0.25, -0.2) is 9.18 Å². The third-order valence-electron chi connectivity index (χ3n) is 3.57. The summed E-state index contributed by atoms with van der Waals surface area (Å²) in [5.41, 5.74) is 6.33. The van der Waals surface area contributed by atoms with Crippen LogP contribution in [0.4, 0.5) is 20.6 Å². The van der Waals surface area contributed by atoms with Crippen LogP contribution in [-0.2, 0) is 0 Å². The average molecular weight is 310 g/mol. The monoisotopic (exact) mass is 310 g/mol. The number of primary amides is 1. The fourth-order valence-electron chi connectivity index (χ4n) is 2.55. The van der Waals surface area contributed by atoms with Crippen molar-refractivity contribution >= 4 is 28.2 Å². The van der Waals surface area contributed by atoms with Crippen LogP contribution in [0.25, 0.3) is 10.8 Å². The molecule has 0 unspecified atom stereocenters. The summed E-state index contributed by atoms with van der Waals surface area (Å²) in [6.45, 7) is 0. The smallest absolute Gasteiger partial charge is 0.324 e. The Hall–Kier alpha value is -3.08. The number of carbonyl (C=O) groups excluding carboxylic acids is 1. The molecule has 116 valence electrons. The molecular weight excluding hydrogens is 295 g/mol. The second kappa shape index (κ2) is 5.96. The van der Waals surface area contributed by atoms with Gasteiger partial charge in [0.1, 0.15) is 11.6 Å². The topological polar surface area (TPSA) is 55.6 Å². The number of fused-ring (bicyclic) bond motifs is 1. The second-order valence-electron chi connectivity index (χ2n) is 5.02. The number of urea groups is 1. The summed E-state index contributed by atoms with van der Waals surface area (Å²) in [5.74, 6) is 0.0280. The molecule has 2 N–H and O–H groups in total. The molecular formula is C18H15FN2O2. The fourth-order valence-corrected chi connectivity index (χ4v) is 2.55. The van der Waals surface area contributed by atoms with Crippen molar-refractivity contribution in [2.75, 3.05) is 12.0 Å². The zero-order valence-corrected chi connectivity index (χ0v) is 12.5. The van der Waals surface area contributed by atoms with Crippen LogP contribution in [0.3, 0.4) is 0 Å². The highest BCUT2D eigenvalue weighted by Crippen LogP contribution is 2.37. The normalized spacial score (nSPS) is 10.5. The Balaban J connectivity index is 2.23. The SMILES string of the molecule is COc1cc2ccccc2cc1N(C(N)=O)c1cccc(F)c1. The highest BCUT2D eigenvalue weighted by atomic mass is 19.1. The number of carbonyl (C=O) groups is 1. The van der Waals surface area contributed by atoms with Crippen LogP contribution >= 0.6 is 0 Å². The summed E-state index contributed by atoms with van der Waals surface area (Å²) in [6, 6.07) is 16.3. The Morgan fingerprint density at radius 2 is 1.74 bits per heavy atom. The van der Waals surface area contributed by atoms with Gasteiger partial charge in [-0.1, -0.05) is 30.3 Å². The van der Waals surface area contributed by atoms with E-state index in [1.807, 2.05) is 30.3 Å². The van der Waals surface area contributed by atoms with Crippen molar-refractivity contribution in [3.63, 3.8) is 0 Å². The molecule has 0 radical (unpaired) electrons. The molecule has 0 aromatic heterocycles. The van der Waals surface area contributed by atoms with E-state index in [1.54, 1.807) is 12.1 Å². The number of nitrogens with two attached hydrogens (primary N) is 1. The van der Waals surface area contributed by atoms with Gasteiger partial charge < -0.3 is 10.5 Å². The van der Waals surface area contributed by atoms with Crippen molar-refractivity contribution in [3.05, 3.63) is 66.5 Å². The lowest BCUT2D eigenvalue weighted by Gasteiger charge is -2.23. The average Bonchev–Trinajstić information content (AvgIpc) is 2.54. The zero-order chi connectivity index (χ0) is 16.4. The van der Waals surface area contributed by atoms with Gasteiger partial charge in [0.25, 0.3) is 0 Å². The molecule has 0 aliphatic carbocycles. The summed E-state index contributed by atoms with van der Waals surface area (Å²) in [4.78, 5) is 13.2. The molecule has 3 aromatic carbocycles. The number of anilines is 2. The highest BCUT2D eigenvalue weighted by molar-refractivity contribution is 6.02. The first-order valence-electron chi connectivity index (χ1n) is 7.02. The van der Waals surface area contributed by atoms with Crippen LogP contribution < -0.4 is 15.4 Å². The first kappa shape index (κ1) is 14.8. The van der Waals surface area contributed by atoms with Gasteiger partial charge in [-0.3, -0.25) is 4.90 Å². The van der Waals surface area contributed by atoms with Gasteiger partial charge in [-0.05, 0) is 41.1 Å². The van der Waals surface area contributed by atoms with Crippen molar-refractivity contribution in [1.82, 2.24) is 0 Å².